The van der Waals surface area contributed by atoms with Gasteiger partial charge in [0.25, 0.3) is 0 Å². The Hall–Kier alpha value is -0.0400. The van der Waals surface area contributed by atoms with Gasteiger partial charge in [-0.15, -0.1) is 0 Å². The highest BCUT2D eigenvalue weighted by Crippen LogP contribution is 2.26. The van der Waals surface area contributed by atoms with Gasteiger partial charge < -0.3 is 5.32 Å². The molecule has 2 rings (SSSR count). The molecule has 0 aliphatic heterocycles. The lowest BCUT2D eigenvalue weighted by Crippen LogP contribution is -2.43. The van der Waals surface area contributed by atoms with Gasteiger partial charge in [0, 0.05) is 12.1 Å². The van der Waals surface area contributed by atoms with Crippen molar-refractivity contribution in [3.63, 3.8) is 0 Å². The van der Waals surface area contributed by atoms with E-state index in [1.807, 2.05) is 13.8 Å². The number of hydrogen-bond donors (Lipinski definition) is 1. The summed E-state index contributed by atoms with van der Waals surface area (Å²) in [7, 11) is 0. The maximum Gasteiger partial charge on any atom is 0.00698 e. The molecule has 0 radical (unpaired) electrons. The van der Waals surface area contributed by atoms with Gasteiger partial charge in [0.2, 0.25) is 0 Å². The molecule has 2 aliphatic carbocycles. The molecular weight excluding hydrogens is 170 g/mol. The first kappa shape index (κ1) is 12.0. The lowest BCUT2D eigenvalue weighted by Gasteiger charge is -2.34. The summed E-state index contributed by atoms with van der Waals surface area (Å²) in [6, 6.07) is 1.76. The van der Waals surface area contributed by atoms with Gasteiger partial charge >= 0.3 is 0 Å². The van der Waals surface area contributed by atoms with Crippen molar-refractivity contribution in [3.05, 3.63) is 0 Å². The minimum absolute atomic E-state index is 0.867. The lowest BCUT2D eigenvalue weighted by molar-refractivity contribution is 0.242. The Morgan fingerprint density at radius 1 is 0.786 bits per heavy atom. The third-order valence-electron chi connectivity index (χ3n) is 3.59. The van der Waals surface area contributed by atoms with Crippen LogP contribution in [0, 0.1) is 5.92 Å². The normalized spacial score (nSPS) is 32.8. The zero-order valence-electron chi connectivity index (χ0n) is 10.2. The van der Waals surface area contributed by atoms with E-state index in [-0.39, 0.29) is 0 Å². The predicted molar refractivity (Wildman–Crippen MR) is 63.5 cm³/mol. The summed E-state index contributed by atoms with van der Waals surface area (Å²) in [5, 5.41) is 3.78. The molecule has 0 spiro atoms. The molecule has 84 valence electrons. The quantitative estimate of drug-likeness (QED) is 0.711. The van der Waals surface area contributed by atoms with Crippen molar-refractivity contribution in [1.82, 2.24) is 5.32 Å². The average Bonchev–Trinajstić information content (AvgIpc) is 2.17. The molecule has 0 bridgehead atoms. The van der Waals surface area contributed by atoms with Crippen LogP contribution in [0.15, 0.2) is 0 Å². The molecule has 0 heterocycles. The Balaban J connectivity index is 0.000000461. The van der Waals surface area contributed by atoms with Crippen molar-refractivity contribution in [2.45, 2.75) is 77.8 Å². The third-order valence-corrected chi connectivity index (χ3v) is 3.59. The van der Waals surface area contributed by atoms with Crippen molar-refractivity contribution in [2.75, 3.05) is 0 Å². The molecule has 0 saturated heterocycles. The fourth-order valence-electron chi connectivity index (χ4n) is 2.33. The SMILES string of the molecule is CC.CC1CCC(NC2CCC2)CC1. The standard InChI is InChI=1S/C11H21N.C2H6/c1-9-5-7-11(8-6-9)12-10-3-2-4-10;1-2/h9-12H,2-8H2,1H3;1-2H3. The topological polar surface area (TPSA) is 12.0 Å². The van der Waals surface area contributed by atoms with Gasteiger partial charge in [-0.3, -0.25) is 0 Å². The molecule has 2 fully saturated rings. The first-order valence-electron chi connectivity index (χ1n) is 6.60. The van der Waals surface area contributed by atoms with E-state index in [0.29, 0.717) is 0 Å². The molecule has 0 aromatic rings. The summed E-state index contributed by atoms with van der Waals surface area (Å²) in [5.74, 6) is 0.990. The van der Waals surface area contributed by atoms with Gasteiger partial charge in [-0.1, -0.05) is 27.2 Å². The summed E-state index contributed by atoms with van der Waals surface area (Å²) < 4.78 is 0. The summed E-state index contributed by atoms with van der Waals surface area (Å²) in [6.07, 6.45) is 10.1. The first-order chi connectivity index (χ1) is 6.84. The first-order valence-corrected chi connectivity index (χ1v) is 6.60. The third kappa shape index (κ3) is 3.61. The molecule has 0 atom stereocenters. The van der Waals surface area contributed by atoms with Crippen LogP contribution in [-0.2, 0) is 0 Å². The van der Waals surface area contributed by atoms with Gasteiger partial charge in [-0.25, -0.2) is 0 Å². The number of hydrogen-bond acceptors (Lipinski definition) is 1. The van der Waals surface area contributed by atoms with Crippen LogP contribution in [0.5, 0.6) is 0 Å². The fourth-order valence-corrected chi connectivity index (χ4v) is 2.33. The summed E-state index contributed by atoms with van der Waals surface area (Å²) in [6.45, 7) is 6.39. The van der Waals surface area contributed by atoms with Crippen LogP contribution in [-0.4, -0.2) is 12.1 Å². The maximum absolute atomic E-state index is 3.78. The molecule has 1 nitrogen and oxygen atoms in total. The molecule has 0 aromatic heterocycles. The smallest absolute Gasteiger partial charge is 0.00698 e. The van der Waals surface area contributed by atoms with Crippen LogP contribution >= 0.6 is 0 Å². The van der Waals surface area contributed by atoms with Crippen molar-refractivity contribution in [3.8, 4) is 0 Å². The van der Waals surface area contributed by atoms with Gasteiger partial charge in [0.1, 0.15) is 0 Å². The second-order valence-electron chi connectivity index (χ2n) is 4.75. The van der Waals surface area contributed by atoms with Crippen LogP contribution < -0.4 is 5.32 Å². The highest BCUT2D eigenvalue weighted by molar-refractivity contribution is 4.83. The second kappa shape index (κ2) is 6.44. The molecule has 0 unspecified atom stereocenters. The Labute approximate surface area is 89.7 Å². The largest absolute Gasteiger partial charge is 0.311 e. The van der Waals surface area contributed by atoms with Gasteiger partial charge in [-0.2, -0.15) is 0 Å². The van der Waals surface area contributed by atoms with E-state index in [4.69, 9.17) is 0 Å². The predicted octanol–water partition coefficient (Wildman–Crippen LogP) is 3.73. The molecule has 1 N–H and O–H groups in total. The zero-order chi connectivity index (χ0) is 10.4. The Morgan fingerprint density at radius 3 is 1.71 bits per heavy atom. The molecule has 2 aliphatic rings. The Bertz CT molecular complexity index is 132. The second-order valence-corrected chi connectivity index (χ2v) is 4.75. The lowest BCUT2D eigenvalue weighted by atomic mass is 9.85. The van der Waals surface area contributed by atoms with Gasteiger partial charge in [0.15, 0.2) is 0 Å². The van der Waals surface area contributed by atoms with Crippen LogP contribution in [0.3, 0.4) is 0 Å². The monoisotopic (exact) mass is 197 g/mol. The van der Waals surface area contributed by atoms with Crippen molar-refractivity contribution in [1.29, 1.82) is 0 Å². The minimum Gasteiger partial charge on any atom is -0.311 e. The van der Waals surface area contributed by atoms with E-state index < -0.39 is 0 Å². The summed E-state index contributed by atoms with van der Waals surface area (Å²) >= 11 is 0. The van der Waals surface area contributed by atoms with Crippen LogP contribution in [0.25, 0.3) is 0 Å². The molecule has 1 heteroatoms. The summed E-state index contributed by atoms with van der Waals surface area (Å²) in [5.41, 5.74) is 0. The molecule has 0 amide bonds. The van der Waals surface area contributed by atoms with Crippen molar-refractivity contribution in [2.24, 2.45) is 5.92 Å². The van der Waals surface area contributed by atoms with Crippen molar-refractivity contribution >= 4 is 0 Å². The average molecular weight is 197 g/mol. The van der Waals surface area contributed by atoms with E-state index in [1.165, 1.54) is 44.9 Å². The number of nitrogens with one attached hydrogen (secondary N) is 1. The highest BCUT2D eigenvalue weighted by Gasteiger charge is 2.23. The number of rotatable bonds is 2. The molecular formula is C13H27N. The highest BCUT2D eigenvalue weighted by atomic mass is 15.0. The van der Waals surface area contributed by atoms with E-state index in [0.717, 1.165) is 18.0 Å². The van der Waals surface area contributed by atoms with Crippen LogP contribution in [0.1, 0.15) is 65.7 Å². The molecule has 0 aromatic carbocycles. The molecule has 14 heavy (non-hydrogen) atoms. The van der Waals surface area contributed by atoms with Crippen LogP contribution in [0.4, 0.5) is 0 Å². The maximum atomic E-state index is 3.78. The van der Waals surface area contributed by atoms with E-state index in [2.05, 4.69) is 12.2 Å². The van der Waals surface area contributed by atoms with E-state index in [1.54, 1.807) is 0 Å². The fraction of sp³-hybridized carbons (Fsp3) is 1.00. The van der Waals surface area contributed by atoms with Crippen LogP contribution in [0.2, 0.25) is 0 Å². The Kier molecular flexibility index (Phi) is 5.54. The summed E-state index contributed by atoms with van der Waals surface area (Å²) in [4.78, 5) is 0. The van der Waals surface area contributed by atoms with Gasteiger partial charge in [0.05, 0.1) is 0 Å². The van der Waals surface area contributed by atoms with E-state index in [9.17, 15) is 0 Å². The minimum atomic E-state index is 0.867. The van der Waals surface area contributed by atoms with Gasteiger partial charge in [-0.05, 0) is 44.4 Å². The Morgan fingerprint density at radius 2 is 1.29 bits per heavy atom. The van der Waals surface area contributed by atoms with Crippen molar-refractivity contribution < 1.29 is 0 Å². The van der Waals surface area contributed by atoms with E-state index >= 15 is 0 Å². The zero-order valence-corrected chi connectivity index (χ0v) is 10.2. The molecule has 2 saturated carbocycles.